The Balaban J connectivity index is 1.45. The standard InChI is InChI=1S/C21H29N3O4/c1-15-6-3-4-12-21(15)19(26)24(20(27)23-21)14-18(25)22-13-5-7-16-8-10-17(28-2)11-9-16/h8-11,15H,3-7,12-14H2,1-2H3,(H,22,25)(H,23,27)/t15-,21+/m1/s1. The molecule has 4 amide bonds. The summed E-state index contributed by atoms with van der Waals surface area (Å²) in [6.07, 6.45) is 5.16. The van der Waals surface area contributed by atoms with Gasteiger partial charge in [0.15, 0.2) is 0 Å². The fraction of sp³-hybridized carbons (Fsp3) is 0.571. The molecule has 7 heteroatoms. The van der Waals surface area contributed by atoms with Crippen molar-refractivity contribution in [2.75, 3.05) is 20.2 Å². The molecule has 1 aromatic rings. The van der Waals surface area contributed by atoms with Crippen LogP contribution in [0.5, 0.6) is 5.75 Å². The monoisotopic (exact) mass is 387 g/mol. The minimum Gasteiger partial charge on any atom is -0.497 e. The van der Waals surface area contributed by atoms with E-state index in [-0.39, 0.29) is 24.3 Å². The topological polar surface area (TPSA) is 87.7 Å². The van der Waals surface area contributed by atoms with Gasteiger partial charge < -0.3 is 15.4 Å². The van der Waals surface area contributed by atoms with E-state index in [4.69, 9.17) is 4.74 Å². The molecule has 28 heavy (non-hydrogen) atoms. The fourth-order valence-corrected chi connectivity index (χ4v) is 4.15. The summed E-state index contributed by atoms with van der Waals surface area (Å²) in [5.74, 6) is 0.350. The Morgan fingerprint density at radius 3 is 2.71 bits per heavy atom. The molecule has 2 N–H and O–H groups in total. The predicted molar refractivity (Wildman–Crippen MR) is 105 cm³/mol. The molecule has 1 saturated carbocycles. The molecule has 0 bridgehead atoms. The van der Waals surface area contributed by atoms with E-state index >= 15 is 0 Å². The summed E-state index contributed by atoms with van der Waals surface area (Å²) in [4.78, 5) is 38.5. The fourth-order valence-electron chi connectivity index (χ4n) is 4.15. The van der Waals surface area contributed by atoms with Gasteiger partial charge in [-0.05, 0) is 49.3 Å². The highest BCUT2D eigenvalue weighted by atomic mass is 16.5. The van der Waals surface area contributed by atoms with Gasteiger partial charge in [0, 0.05) is 6.54 Å². The van der Waals surface area contributed by atoms with Crippen molar-refractivity contribution in [3.63, 3.8) is 0 Å². The number of hydrogen-bond donors (Lipinski definition) is 2. The van der Waals surface area contributed by atoms with Crippen LogP contribution in [0.25, 0.3) is 0 Å². The number of aryl methyl sites for hydroxylation is 1. The Bertz CT molecular complexity index is 734. The first-order valence-electron chi connectivity index (χ1n) is 10.00. The molecule has 2 fully saturated rings. The van der Waals surface area contributed by atoms with Crippen molar-refractivity contribution in [3.05, 3.63) is 29.8 Å². The number of carbonyl (C=O) groups is 3. The first kappa shape index (κ1) is 20.2. The second kappa shape index (κ2) is 8.63. The van der Waals surface area contributed by atoms with Crippen molar-refractivity contribution < 1.29 is 19.1 Å². The van der Waals surface area contributed by atoms with E-state index < -0.39 is 11.6 Å². The van der Waals surface area contributed by atoms with E-state index in [1.807, 2.05) is 31.2 Å². The third-order valence-electron chi connectivity index (χ3n) is 5.93. The quantitative estimate of drug-likeness (QED) is 0.555. The largest absolute Gasteiger partial charge is 0.497 e. The predicted octanol–water partition coefficient (Wildman–Crippen LogP) is 2.24. The van der Waals surface area contributed by atoms with Crippen LogP contribution >= 0.6 is 0 Å². The van der Waals surface area contributed by atoms with Crippen LogP contribution in [0, 0.1) is 5.92 Å². The van der Waals surface area contributed by atoms with Crippen LogP contribution in [0.3, 0.4) is 0 Å². The van der Waals surface area contributed by atoms with Crippen molar-refractivity contribution in [2.45, 2.75) is 51.0 Å². The lowest BCUT2D eigenvalue weighted by atomic mass is 9.73. The number of nitrogens with one attached hydrogen (secondary N) is 2. The second-order valence-electron chi connectivity index (χ2n) is 7.74. The van der Waals surface area contributed by atoms with Gasteiger partial charge in [0.2, 0.25) is 5.91 Å². The molecule has 3 rings (SSSR count). The molecule has 0 aromatic heterocycles. The lowest BCUT2D eigenvalue weighted by molar-refractivity contribution is -0.137. The van der Waals surface area contributed by atoms with Crippen LogP contribution in [0.2, 0.25) is 0 Å². The maximum absolute atomic E-state index is 12.9. The van der Waals surface area contributed by atoms with Crippen LogP contribution in [0.4, 0.5) is 4.79 Å². The summed E-state index contributed by atoms with van der Waals surface area (Å²) < 4.78 is 5.13. The van der Waals surface area contributed by atoms with Crippen molar-refractivity contribution in [2.24, 2.45) is 5.92 Å². The molecule has 1 aliphatic heterocycles. The molecule has 2 atom stereocenters. The molecule has 0 unspecified atom stereocenters. The van der Waals surface area contributed by atoms with E-state index in [1.165, 1.54) is 0 Å². The van der Waals surface area contributed by atoms with Crippen molar-refractivity contribution >= 4 is 17.8 Å². The molecule has 1 aliphatic carbocycles. The van der Waals surface area contributed by atoms with Gasteiger partial charge in [-0.15, -0.1) is 0 Å². The van der Waals surface area contributed by atoms with Gasteiger partial charge in [-0.1, -0.05) is 31.9 Å². The average molecular weight is 387 g/mol. The highest BCUT2D eigenvalue weighted by Gasteiger charge is 2.55. The van der Waals surface area contributed by atoms with E-state index in [0.717, 1.165) is 48.3 Å². The summed E-state index contributed by atoms with van der Waals surface area (Å²) in [5.41, 5.74) is 0.349. The normalized spacial score (nSPS) is 24.4. The molecule has 1 spiro atoms. The average Bonchev–Trinajstić information content (AvgIpc) is 2.93. The Kier molecular flexibility index (Phi) is 6.21. The number of imide groups is 1. The number of rotatable bonds is 7. The van der Waals surface area contributed by atoms with Crippen molar-refractivity contribution in [1.29, 1.82) is 0 Å². The molecular formula is C21H29N3O4. The van der Waals surface area contributed by atoms with Crippen LogP contribution in [-0.2, 0) is 16.0 Å². The summed E-state index contributed by atoms with van der Waals surface area (Å²) >= 11 is 0. The zero-order valence-corrected chi connectivity index (χ0v) is 16.6. The molecular weight excluding hydrogens is 358 g/mol. The summed E-state index contributed by atoms with van der Waals surface area (Å²) in [6.45, 7) is 2.28. The smallest absolute Gasteiger partial charge is 0.325 e. The Morgan fingerprint density at radius 1 is 1.29 bits per heavy atom. The number of amides is 4. The van der Waals surface area contributed by atoms with Gasteiger partial charge >= 0.3 is 6.03 Å². The Labute approximate surface area is 165 Å². The minimum absolute atomic E-state index is 0.0928. The number of urea groups is 1. The number of ether oxygens (including phenoxy) is 1. The maximum Gasteiger partial charge on any atom is 0.325 e. The SMILES string of the molecule is COc1ccc(CCCNC(=O)CN2C(=O)N[C@]3(CCCC[C@H]3C)C2=O)cc1. The van der Waals surface area contributed by atoms with E-state index in [2.05, 4.69) is 10.6 Å². The number of hydrogen-bond acceptors (Lipinski definition) is 4. The molecule has 0 radical (unpaired) electrons. The van der Waals surface area contributed by atoms with Crippen molar-refractivity contribution in [1.82, 2.24) is 15.5 Å². The van der Waals surface area contributed by atoms with Gasteiger partial charge in [-0.2, -0.15) is 0 Å². The highest BCUT2D eigenvalue weighted by Crippen LogP contribution is 2.38. The van der Waals surface area contributed by atoms with Gasteiger partial charge in [0.05, 0.1) is 7.11 Å². The molecule has 7 nitrogen and oxygen atoms in total. The molecule has 1 saturated heterocycles. The summed E-state index contributed by atoms with van der Waals surface area (Å²) in [7, 11) is 1.63. The molecule has 2 aliphatic rings. The van der Waals surface area contributed by atoms with Crippen LogP contribution in [0.1, 0.15) is 44.6 Å². The lowest BCUT2D eigenvalue weighted by Crippen LogP contribution is -2.54. The minimum atomic E-state index is -0.815. The van der Waals surface area contributed by atoms with Gasteiger partial charge in [0.1, 0.15) is 17.8 Å². The van der Waals surface area contributed by atoms with E-state index in [1.54, 1.807) is 7.11 Å². The first-order valence-corrected chi connectivity index (χ1v) is 10.00. The van der Waals surface area contributed by atoms with Crippen molar-refractivity contribution in [3.8, 4) is 5.75 Å². The zero-order chi connectivity index (χ0) is 20.1. The van der Waals surface area contributed by atoms with E-state index in [9.17, 15) is 14.4 Å². The molecule has 1 aromatic carbocycles. The first-order chi connectivity index (χ1) is 13.5. The number of benzene rings is 1. The van der Waals surface area contributed by atoms with Crippen LogP contribution in [-0.4, -0.2) is 48.5 Å². The highest BCUT2D eigenvalue weighted by molar-refractivity contribution is 6.09. The Morgan fingerprint density at radius 2 is 2.04 bits per heavy atom. The second-order valence-corrected chi connectivity index (χ2v) is 7.74. The number of methoxy groups -OCH3 is 1. The zero-order valence-electron chi connectivity index (χ0n) is 16.6. The number of carbonyl (C=O) groups excluding carboxylic acids is 3. The number of nitrogens with zero attached hydrogens (tertiary/aromatic N) is 1. The Hall–Kier alpha value is -2.57. The van der Waals surface area contributed by atoms with Gasteiger partial charge in [0.25, 0.3) is 5.91 Å². The third kappa shape index (κ3) is 4.13. The van der Waals surface area contributed by atoms with Crippen LogP contribution < -0.4 is 15.4 Å². The van der Waals surface area contributed by atoms with Crippen LogP contribution in [0.15, 0.2) is 24.3 Å². The third-order valence-corrected chi connectivity index (χ3v) is 5.93. The summed E-state index contributed by atoms with van der Waals surface area (Å²) in [5, 5.41) is 5.68. The maximum atomic E-state index is 12.9. The van der Waals surface area contributed by atoms with Gasteiger partial charge in [-0.25, -0.2) is 4.79 Å². The molecule has 1 heterocycles. The van der Waals surface area contributed by atoms with Gasteiger partial charge in [-0.3, -0.25) is 14.5 Å². The lowest BCUT2D eigenvalue weighted by Gasteiger charge is -2.36. The summed E-state index contributed by atoms with van der Waals surface area (Å²) in [6, 6.07) is 7.37. The van der Waals surface area contributed by atoms with E-state index in [0.29, 0.717) is 13.0 Å². The molecule has 152 valence electrons.